The van der Waals surface area contributed by atoms with Crippen LogP contribution in [-0.4, -0.2) is 25.7 Å². The van der Waals surface area contributed by atoms with E-state index in [2.05, 4.69) is 5.32 Å². The number of ether oxygens (including phenoxy) is 2. The summed E-state index contributed by atoms with van der Waals surface area (Å²) in [4.78, 5) is 11.5. The van der Waals surface area contributed by atoms with E-state index in [1.165, 1.54) is 6.07 Å². The Kier molecular flexibility index (Phi) is 7.26. The molecule has 140 valence electrons. The van der Waals surface area contributed by atoms with Crippen LogP contribution in [0.5, 0.6) is 5.75 Å². The summed E-state index contributed by atoms with van der Waals surface area (Å²) in [6.07, 6.45) is 0.655. The molecule has 1 heterocycles. The monoisotopic (exact) mass is 399 g/mol. The predicted molar refractivity (Wildman–Crippen MR) is 102 cm³/mol. The van der Waals surface area contributed by atoms with E-state index in [1.54, 1.807) is 31.2 Å². The van der Waals surface area contributed by atoms with Crippen LogP contribution < -0.4 is 10.1 Å². The number of hydrogen-bond donors (Lipinski definition) is 1. The molecule has 0 aromatic heterocycles. The molecule has 0 aliphatic carbocycles. The molecule has 4 nitrogen and oxygen atoms in total. The summed E-state index contributed by atoms with van der Waals surface area (Å²) >= 11 is 6.20. The van der Waals surface area contributed by atoms with Crippen molar-refractivity contribution in [3.8, 4) is 16.9 Å². The first-order valence-electron chi connectivity index (χ1n) is 8.19. The molecule has 1 aliphatic rings. The third kappa shape index (κ3) is 4.67. The minimum atomic E-state index is -0.438. The number of fused-ring (bicyclic) bond motifs is 1. The average molecular weight is 400 g/mol. The van der Waals surface area contributed by atoms with Gasteiger partial charge >= 0.3 is 5.97 Å². The Hall–Kier alpha value is -1.82. The minimum absolute atomic E-state index is 0. The lowest BCUT2D eigenvalue weighted by Gasteiger charge is -2.21. The predicted octanol–water partition coefficient (Wildman–Crippen LogP) is 4.16. The van der Waals surface area contributed by atoms with Gasteiger partial charge in [-0.25, -0.2) is 9.18 Å². The molecule has 0 spiro atoms. The van der Waals surface area contributed by atoms with E-state index in [-0.39, 0.29) is 24.8 Å². The maximum Gasteiger partial charge on any atom is 0.344 e. The maximum atomic E-state index is 14.1. The van der Waals surface area contributed by atoms with Crippen LogP contribution in [-0.2, 0) is 22.5 Å². The van der Waals surface area contributed by atoms with Gasteiger partial charge in [-0.05, 0) is 66.4 Å². The molecule has 2 aromatic rings. The van der Waals surface area contributed by atoms with Gasteiger partial charge < -0.3 is 14.8 Å². The van der Waals surface area contributed by atoms with E-state index in [0.29, 0.717) is 30.3 Å². The van der Waals surface area contributed by atoms with Gasteiger partial charge in [0.15, 0.2) is 6.61 Å². The van der Waals surface area contributed by atoms with Gasteiger partial charge in [-0.2, -0.15) is 0 Å². The highest BCUT2D eigenvalue weighted by atomic mass is 35.5. The lowest BCUT2D eigenvalue weighted by atomic mass is 9.91. The van der Waals surface area contributed by atoms with Gasteiger partial charge in [0.25, 0.3) is 0 Å². The molecule has 0 bridgehead atoms. The molecule has 0 fully saturated rings. The van der Waals surface area contributed by atoms with E-state index >= 15 is 0 Å². The Morgan fingerprint density at radius 3 is 2.85 bits per heavy atom. The smallest absolute Gasteiger partial charge is 0.344 e. The van der Waals surface area contributed by atoms with Gasteiger partial charge in [0, 0.05) is 11.6 Å². The van der Waals surface area contributed by atoms with Crippen LogP contribution in [0.1, 0.15) is 18.1 Å². The fraction of sp³-hybridized carbons (Fsp3) is 0.316. The zero-order valence-electron chi connectivity index (χ0n) is 14.3. The molecule has 1 N–H and O–H groups in total. The SMILES string of the molecule is CCOC(=O)COc1cc(Cl)cc(-c2ccc(F)c3c2CNCC3)c1.Cl. The van der Waals surface area contributed by atoms with Gasteiger partial charge in [0.1, 0.15) is 11.6 Å². The Morgan fingerprint density at radius 1 is 1.27 bits per heavy atom. The van der Waals surface area contributed by atoms with Crippen molar-refractivity contribution < 1.29 is 18.7 Å². The summed E-state index contributed by atoms with van der Waals surface area (Å²) < 4.78 is 24.4. The number of nitrogens with one attached hydrogen (secondary N) is 1. The van der Waals surface area contributed by atoms with E-state index in [0.717, 1.165) is 28.8 Å². The largest absolute Gasteiger partial charge is 0.482 e. The molecule has 0 saturated heterocycles. The lowest BCUT2D eigenvalue weighted by Crippen LogP contribution is -2.25. The standard InChI is InChI=1S/C19H19ClFNO3.ClH/c1-2-24-19(23)11-25-14-8-12(7-13(20)9-14)15-3-4-18(21)16-5-6-22-10-17(15)16;/h3-4,7-9,22H,2,5-6,10-11H2,1H3;1H. The molecule has 2 aromatic carbocycles. The number of rotatable bonds is 5. The van der Waals surface area contributed by atoms with Crippen molar-refractivity contribution in [2.75, 3.05) is 19.8 Å². The normalized spacial score (nSPS) is 12.7. The fourth-order valence-corrected chi connectivity index (χ4v) is 3.21. The zero-order chi connectivity index (χ0) is 17.8. The van der Waals surface area contributed by atoms with Crippen LogP contribution in [0.2, 0.25) is 5.02 Å². The number of esters is 1. The summed E-state index contributed by atoms with van der Waals surface area (Å²) in [6.45, 7) is 3.22. The highest BCUT2D eigenvalue weighted by Gasteiger charge is 2.18. The van der Waals surface area contributed by atoms with Crippen molar-refractivity contribution in [3.05, 3.63) is 52.3 Å². The summed E-state index contributed by atoms with van der Waals surface area (Å²) in [5.74, 6) is -0.147. The number of hydrogen-bond acceptors (Lipinski definition) is 4. The van der Waals surface area contributed by atoms with Crippen molar-refractivity contribution >= 4 is 30.0 Å². The van der Waals surface area contributed by atoms with E-state index in [4.69, 9.17) is 21.1 Å². The first kappa shape index (κ1) is 20.5. The van der Waals surface area contributed by atoms with Crippen molar-refractivity contribution in [3.63, 3.8) is 0 Å². The first-order valence-corrected chi connectivity index (χ1v) is 8.56. The molecule has 0 radical (unpaired) electrons. The average Bonchev–Trinajstić information content (AvgIpc) is 2.60. The third-order valence-electron chi connectivity index (χ3n) is 4.07. The van der Waals surface area contributed by atoms with Gasteiger partial charge in [0.05, 0.1) is 6.61 Å². The first-order chi connectivity index (χ1) is 12.1. The highest BCUT2D eigenvalue weighted by Crippen LogP contribution is 2.34. The quantitative estimate of drug-likeness (QED) is 0.766. The van der Waals surface area contributed by atoms with Crippen LogP contribution in [0, 0.1) is 5.82 Å². The number of benzene rings is 2. The van der Waals surface area contributed by atoms with Crippen LogP contribution in [0.4, 0.5) is 4.39 Å². The second-order valence-corrected chi connectivity index (χ2v) is 6.18. The van der Waals surface area contributed by atoms with Crippen LogP contribution in [0.15, 0.2) is 30.3 Å². The second-order valence-electron chi connectivity index (χ2n) is 5.75. The zero-order valence-corrected chi connectivity index (χ0v) is 15.9. The Morgan fingerprint density at radius 2 is 2.08 bits per heavy atom. The van der Waals surface area contributed by atoms with E-state index in [1.807, 2.05) is 0 Å². The fourth-order valence-electron chi connectivity index (χ4n) is 2.98. The summed E-state index contributed by atoms with van der Waals surface area (Å²) in [6, 6.07) is 8.48. The van der Waals surface area contributed by atoms with Crippen molar-refractivity contribution in [2.24, 2.45) is 0 Å². The summed E-state index contributed by atoms with van der Waals surface area (Å²) in [5.41, 5.74) is 3.41. The molecule has 26 heavy (non-hydrogen) atoms. The lowest BCUT2D eigenvalue weighted by molar-refractivity contribution is -0.145. The van der Waals surface area contributed by atoms with Gasteiger partial charge in [-0.3, -0.25) is 0 Å². The van der Waals surface area contributed by atoms with Crippen molar-refractivity contribution in [1.82, 2.24) is 5.32 Å². The number of halogens is 3. The molecular weight excluding hydrogens is 380 g/mol. The number of carbonyl (C=O) groups excluding carboxylic acids is 1. The van der Waals surface area contributed by atoms with Crippen LogP contribution in [0.25, 0.3) is 11.1 Å². The molecular formula is C19H20Cl2FNO3. The van der Waals surface area contributed by atoms with Crippen LogP contribution >= 0.6 is 24.0 Å². The summed E-state index contributed by atoms with van der Waals surface area (Å²) in [5, 5.41) is 3.75. The topological polar surface area (TPSA) is 47.6 Å². The molecule has 0 unspecified atom stereocenters. The summed E-state index contributed by atoms with van der Waals surface area (Å²) in [7, 11) is 0. The molecule has 0 saturated carbocycles. The Balaban J connectivity index is 0.00000243. The van der Waals surface area contributed by atoms with E-state index in [9.17, 15) is 9.18 Å². The minimum Gasteiger partial charge on any atom is -0.482 e. The molecule has 0 amide bonds. The van der Waals surface area contributed by atoms with Gasteiger partial charge in [-0.15, -0.1) is 12.4 Å². The second kappa shape index (κ2) is 9.21. The van der Waals surface area contributed by atoms with Gasteiger partial charge in [-0.1, -0.05) is 17.7 Å². The molecule has 0 atom stereocenters. The van der Waals surface area contributed by atoms with Crippen molar-refractivity contribution in [2.45, 2.75) is 19.9 Å². The molecule has 7 heteroatoms. The van der Waals surface area contributed by atoms with E-state index < -0.39 is 5.97 Å². The maximum absolute atomic E-state index is 14.1. The number of carbonyl (C=O) groups is 1. The Bertz CT molecular complexity index is 799. The van der Waals surface area contributed by atoms with Gasteiger partial charge in [0.2, 0.25) is 0 Å². The highest BCUT2D eigenvalue weighted by molar-refractivity contribution is 6.31. The Labute approximate surface area is 163 Å². The third-order valence-corrected chi connectivity index (χ3v) is 4.29. The van der Waals surface area contributed by atoms with Crippen molar-refractivity contribution in [1.29, 1.82) is 0 Å². The van der Waals surface area contributed by atoms with Crippen LogP contribution in [0.3, 0.4) is 0 Å². The molecule has 3 rings (SSSR count). The molecule has 1 aliphatic heterocycles.